The van der Waals surface area contributed by atoms with Gasteiger partial charge in [-0.3, -0.25) is 0 Å². The highest BCUT2D eigenvalue weighted by atomic mass is 79.9. The Balaban J connectivity index is 2.86. The number of hydrogen-bond donors (Lipinski definition) is 3. The van der Waals surface area contributed by atoms with E-state index in [0.717, 1.165) is 0 Å². The Labute approximate surface area is 101 Å². The van der Waals surface area contributed by atoms with Crippen molar-refractivity contribution in [2.45, 2.75) is 18.6 Å². The predicted octanol–water partition coefficient (Wildman–Crippen LogP) is 1.88. The van der Waals surface area contributed by atoms with Gasteiger partial charge in [0.1, 0.15) is 6.10 Å². The van der Waals surface area contributed by atoms with Gasteiger partial charge in [0, 0.05) is 16.1 Å². The summed E-state index contributed by atoms with van der Waals surface area (Å²) in [5.41, 5.74) is 0.556. The van der Waals surface area contributed by atoms with Crippen molar-refractivity contribution < 1.29 is 15.3 Å². The third-order valence-electron chi connectivity index (χ3n) is 2.07. The van der Waals surface area contributed by atoms with Crippen LogP contribution in [-0.2, 0) is 0 Å². The fourth-order valence-electron chi connectivity index (χ4n) is 1.24. The molecule has 3 N–H and O–H groups in total. The van der Waals surface area contributed by atoms with Crippen LogP contribution in [0.3, 0.4) is 0 Å². The van der Waals surface area contributed by atoms with E-state index in [1.807, 2.05) is 0 Å². The molecule has 2 atom stereocenters. The minimum absolute atomic E-state index is 0.135. The first-order chi connectivity index (χ1) is 7.06. The maximum atomic E-state index is 9.76. The minimum atomic E-state index is -1.02. The molecule has 0 spiro atoms. The Morgan fingerprint density at radius 1 is 1.33 bits per heavy atom. The summed E-state index contributed by atoms with van der Waals surface area (Å²) in [6.45, 7) is -0.163. The number of hydrogen-bond acceptors (Lipinski definition) is 3. The van der Waals surface area contributed by atoms with E-state index in [1.54, 1.807) is 18.2 Å². The molecule has 0 fully saturated rings. The highest BCUT2D eigenvalue weighted by Gasteiger charge is 2.19. The number of halogens is 2. The number of aliphatic hydroxyl groups is 3. The number of aliphatic hydroxyl groups excluding tert-OH is 3. The normalized spacial score (nSPS) is 15.0. The standard InChI is InChI=1S/C10H12BrClO3/c11-8-5-6(12)1-2-7(8)10(15)9(14)3-4-13/h1-2,5,9-10,13-15H,3-4H2. The summed E-state index contributed by atoms with van der Waals surface area (Å²) < 4.78 is 0.638. The van der Waals surface area contributed by atoms with Crippen molar-refractivity contribution in [2.75, 3.05) is 6.61 Å². The van der Waals surface area contributed by atoms with Crippen molar-refractivity contribution in [1.82, 2.24) is 0 Å². The zero-order valence-corrected chi connectivity index (χ0v) is 10.2. The van der Waals surface area contributed by atoms with Crippen LogP contribution < -0.4 is 0 Å². The molecule has 15 heavy (non-hydrogen) atoms. The van der Waals surface area contributed by atoms with E-state index in [9.17, 15) is 10.2 Å². The minimum Gasteiger partial charge on any atom is -0.396 e. The molecule has 1 aromatic carbocycles. The number of benzene rings is 1. The largest absolute Gasteiger partial charge is 0.396 e. The maximum absolute atomic E-state index is 9.76. The van der Waals surface area contributed by atoms with Crippen LogP contribution in [0, 0.1) is 0 Å². The van der Waals surface area contributed by atoms with Crippen LogP contribution in [0.15, 0.2) is 22.7 Å². The number of rotatable bonds is 4. The highest BCUT2D eigenvalue weighted by Crippen LogP contribution is 2.29. The van der Waals surface area contributed by atoms with Gasteiger partial charge in [-0.2, -0.15) is 0 Å². The molecule has 0 heterocycles. The van der Waals surface area contributed by atoms with Crippen LogP contribution in [0.4, 0.5) is 0 Å². The molecule has 0 aromatic heterocycles. The van der Waals surface area contributed by atoms with Gasteiger partial charge < -0.3 is 15.3 Å². The summed E-state index contributed by atoms with van der Waals surface area (Å²) in [6, 6.07) is 4.92. The second kappa shape index (κ2) is 5.82. The van der Waals surface area contributed by atoms with E-state index in [1.165, 1.54) is 0 Å². The molecule has 0 radical (unpaired) electrons. The quantitative estimate of drug-likeness (QED) is 0.795. The van der Waals surface area contributed by atoms with Crippen molar-refractivity contribution in [3.8, 4) is 0 Å². The second-order valence-corrected chi connectivity index (χ2v) is 4.48. The molecule has 3 nitrogen and oxygen atoms in total. The van der Waals surface area contributed by atoms with Gasteiger partial charge in [-0.05, 0) is 24.1 Å². The van der Waals surface area contributed by atoms with Crippen molar-refractivity contribution in [2.24, 2.45) is 0 Å². The molecule has 0 aliphatic rings. The summed E-state index contributed by atoms with van der Waals surface area (Å²) in [5, 5.41) is 28.5. The van der Waals surface area contributed by atoms with Gasteiger partial charge in [-0.15, -0.1) is 0 Å². The Kier molecular flexibility index (Phi) is 5.02. The molecule has 0 bridgehead atoms. The fraction of sp³-hybridized carbons (Fsp3) is 0.400. The van der Waals surface area contributed by atoms with Gasteiger partial charge in [0.2, 0.25) is 0 Å². The summed E-state index contributed by atoms with van der Waals surface area (Å²) in [7, 11) is 0. The first-order valence-electron chi connectivity index (χ1n) is 4.48. The van der Waals surface area contributed by atoms with E-state index >= 15 is 0 Å². The lowest BCUT2D eigenvalue weighted by Gasteiger charge is -2.18. The van der Waals surface area contributed by atoms with Gasteiger partial charge >= 0.3 is 0 Å². The predicted molar refractivity (Wildman–Crippen MR) is 61.8 cm³/mol. The van der Waals surface area contributed by atoms with Crippen LogP contribution in [0.2, 0.25) is 5.02 Å². The van der Waals surface area contributed by atoms with Gasteiger partial charge in [-0.1, -0.05) is 33.6 Å². The van der Waals surface area contributed by atoms with Gasteiger partial charge in [0.25, 0.3) is 0 Å². The van der Waals surface area contributed by atoms with Crippen molar-refractivity contribution in [1.29, 1.82) is 0 Å². The van der Waals surface area contributed by atoms with Crippen molar-refractivity contribution in [3.63, 3.8) is 0 Å². The monoisotopic (exact) mass is 294 g/mol. The van der Waals surface area contributed by atoms with Crippen LogP contribution in [0.5, 0.6) is 0 Å². The fourth-order valence-corrected chi connectivity index (χ4v) is 2.16. The topological polar surface area (TPSA) is 60.7 Å². The highest BCUT2D eigenvalue weighted by molar-refractivity contribution is 9.10. The molecular formula is C10H12BrClO3. The van der Waals surface area contributed by atoms with E-state index < -0.39 is 12.2 Å². The molecular weight excluding hydrogens is 283 g/mol. The third kappa shape index (κ3) is 3.43. The van der Waals surface area contributed by atoms with Gasteiger partial charge in [0.05, 0.1) is 6.10 Å². The maximum Gasteiger partial charge on any atom is 0.106 e. The lowest BCUT2D eigenvalue weighted by molar-refractivity contribution is 0.00384. The first-order valence-corrected chi connectivity index (χ1v) is 5.65. The van der Waals surface area contributed by atoms with Crippen molar-refractivity contribution >= 4 is 27.5 Å². The smallest absolute Gasteiger partial charge is 0.106 e. The van der Waals surface area contributed by atoms with Crippen LogP contribution in [-0.4, -0.2) is 28.0 Å². The van der Waals surface area contributed by atoms with Crippen LogP contribution >= 0.6 is 27.5 Å². The van der Waals surface area contributed by atoms with E-state index in [4.69, 9.17) is 16.7 Å². The molecule has 0 saturated heterocycles. The molecule has 2 unspecified atom stereocenters. The molecule has 0 aliphatic heterocycles. The first kappa shape index (κ1) is 12.9. The third-order valence-corrected chi connectivity index (χ3v) is 2.99. The molecule has 0 amide bonds. The Bertz CT molecular complexity index is 332. The zero-order chi connectivity index (χ0) is 11.4. The lowest BCUT2D eigenvalue weighted by atomic mass is 10.0. The average Bonchev–Trinajstić information content (AvgIpc) is 2.17. The molecule has 84 valence electrons. The van der Waals surface area contributed by atoms with Crippen LogP contribution in [0.1, 0.15) is 18.1 Å². The zero-order valence-electron chi connectivity index (χ0n) is 7.90. The SMILES string of the molecule is OCCC(O)C(O)c1ccc(Cl)cc1Br. The Morgan fingerprint density at radius 3 is 2.53 bits per heavy atom. The molecule has 0 aliphatic carbocycles. The van der Waals surface area contributed by atoms with E-state index in [2.05, 4.69) is 15.9 Å². The van der Waals surface area contributed by atoms with Gasteiger partial charge in [0.15, 0.2) is 0 Å². The second-order valence-electron chi connectivity index (χ2n) is 3.19. The molecule has 1 rings (SSSR count). The average molecular weight is 296 g/mol. The van der Waals surface area contributed by atoms with Crippen molar-refractivity contribution in [3.05, 3.63) is 33.3 Å². The van der Waals surface area contributed by atoms with Crippen LogP contribution in [0.25, 0.3) is 0 Å². The van der Waals surface area contributed by atoms with E-state index in [0.29, 0.717) is 15.1 Å². The summed E-state index contributed by atoms with van der Waals surface area (Å²) >= 11 is 9.00. The lowest BCUT2D eigenvalue weighted by Crippen LogP contribution is -2.19. The summed E-state index contributed by atoms with van der Waals surface area (Å²) in [5.74, 6) is 0. The molecule has 5 heteroatoms. The molecule has 0 saturated carbocycles. The van der Waals surface area contributed by atoms with Gasteiger partial charge in [-0.25, -0.2) is 0 Å². The Hall–Kier alpha value is -0.130. The summed E-state index contributed by atoms with van der Waals surface area (Å²) in [4.78, 5) is 0. The van der Waals surface area contributed by atoms with E-state index in [-0.39, 0.29) is 13.0 Å². The Morgan fingerprint density at radius 2 is 2.00 bits per heavy atom. The summed E-state index contributed by atoms with van der Waals surface area (Å²) in [6.07, 6.45) is -1.87. The molecule has 1 aromatic rings.